The molecule has 1 aromatic heterocycles. The zero-order valence-corrected chi connectivity index (χ0v) is 17.0. The third kappa shape index (κ3) is 4.87. The highest BCUT2D eigenvalue weighted by Gasteiger charge is 2.37. The Balaban J connectivity index is 1.73. The van der Waals surface area contributed by atoms with E-state index in [1.807, 2.05) is 18.2 Å². The SMILES string of the molecule is CN/C(=N\C#N)N[C@H]1CC[C@](CNC(=O)c2cccc[n+]2[O-])(c2ccccc2)CC1. The van der Waals surface area contributed by atoms with Gasteiger partial charge >= 0.3 is 5.91 Å². The van der Waals surface area contributed by atoms with Crippen LogP contribution in [-0.2, 0) is 5.41 Å². The number of amides is 1. The molecule has 30 heavy (non-hydrogen) atoms. The Morgan fingerprint density at radius 3 is 2.57 bits per heavy atom. The summed E-state index contributed by atoms with van der Waals surface area (Å²) < 4.78 is 0.582. The maximum atomic E-state index is 12.6. The number of pyridine rings is 1. The number of rotatable bonds is 5. The lowest BCUT2D eigenvalue weighted by atomic mass is 9.68. The van der Waals surface area contributed by atoms with Gasteiger partial charge in [0.25, 0.3) is 5.69 Å². The van der Waals surface area contributed by atoms with E-state index in [9.17, 15) is 10.0 Å². The quantitative estimate of drug-likeness (QED) is 0.229. The van der Waals surface area contributed by atoms with Crippen molar-refractivity contribution < 1.29 is 9.52 Å². The zero-order chi connectivity index (χ0) is 21.4. The molecule has 1 saturated carbocycles. The molecule has 1 aromatic carbocycles. The number of hydrogen-bond donors (Lipinski definition) is 3. The molecule has 0 bridgehead atoms. The fourth-order valence-electron chi connectivity index (χ4n) is 4.02. The fourth-order valence-corrected chi connectivity index (χ4v) is 4.02. The van der Waals surface area contributed by atoms with Crippen LogP contribution in [0.3, 0.4) is 0 Å². The van der Waals surface area contributed by atoms with E-state index in [0.29, 0.717) is 17.2 Å². The van der Waals surface area contributed by atoms with E-state index in [0.717, 1.165) is 25.7 Å². The number of aromatic nitrogens is 1. The number of nitriles is 1. The smallest absolute Gasteiger partial charge is 0.317 e. The molecule has 8 heteroatoms. The molecule has 0 aliphatic heterocycles. The Morgan fingerprint density at radius 2 is 1.93 bits per heavy atom. The third-order valence-corrected chi connectivity index (χ3v) is 5.71. The predicted molar refractivity (Wildman–Crippen MR) is 113 cm³/mol. The van der Waals surface area contributed by atoms with Gasteiger partial charge in [-0.2, -0.15) is 9.99 Å². The molecule has 3 rings (SSSR count). The van der Waals surface area contributed by atoms with Crippen molar-refractivity contribution in [3.05, 3.63) is 71.2 Å². The molecule has 0 atom stereocenters. The Labute approximate surface area is 176 Å². The number of nitrogens with one attached hydrogen (secondary N) is 3. The highest BCUT2D eigenvalue weighted by atomic mass is 16.5. The Bertz CT molecular complexity index is 930. The Morgan fingerprint density at radius 1 is 1.23 bits per heavy atom. The second-order valence-electron chi connectivity index (χ2n) is 7.47. The van der Waals surface area contributed by atoms with E-state index in [4.69, 9.17) is 5.26 Å². The van der Waals surface area contributed by atoms with E-state index in [2.05, 4.69) is 33.1 Å². The van der Waals surface area contributed by atoms with Gasteiger partial charge in [0.15, 0.2) is 6.20 Å². The molecule has 1 aliphatic carbocycles. The predicted octanol–water partition coefficient (Wildman–Crippen LogP) is 1.58. The first-order chi connectivity index (χ1) is 14.6. The molecular formula is C22H26N6O2. The lowest BCUT2D eigenvalue weighted by Crippen LogP contribution is -2.50. The van der Waals surface area contributed by atoms with Gasteiger partial charge in [-0.15, -0.1) is 4.99 Å². The van der Waals surface area contributed by atoms with Crippen molar-refractivity contribution in [3.8, 4) is 6.19 Å². The molecule has 0 spiro atoms. The number of aliphatic imine (C=N–C) groups is 1. The molecule has 3 N–H and O–H groups in total. The van der Waals surface area contributed by atoms with Crippen molar-refractivity contribution in [2.75, 3.05) is 13.6 Å². The first-order valence-electron chi connectivity index (χ1n) is 10.0. The van der Waals surface area contributed by atoms with Gasteiger partial charge < -0.3 is 21.2 Å². The van der Waals surface area contributed by atoms with Gasteiger partial charge in [-0.1, -0.05) is 30.3 Å². The molecule has 1 amide bonds. The molecule has 0 unspecified atom stereocenters. The van der Waals surface area contributed by atoms with Crippen LogP contribution in [0.2, 0.25) is 0 Å². The largest absolute Gasteiger partial charge is 0.618 e. The van der Waals surface area contributed by atoms with E-state index < -0.39 is 0 Å². The van der Waals surface area contributed by atoms with Crippen LogP contribution in [-0.4, -0.2) is 31.5 Å². The Hall–Kier alpha value is -3.60. The van der Waals surface area contributed by atoms with Crippen LogP contribution >= 0.6 is 0 Å². The van der Waals surface area contributed by atoms with Crippen molar-refractivity contribution in [1.82, 2.24) is 16.0 Å². The van der Waals surface area contributed by atoms with Gasteiger partial charge in [0.2, 0.25) is 12.2 Å². The molecule has 1 heterocycles. The van der Waals surface area contributed by atoms with Gasteiger partial charge in [0.05, 0.1) is 0 Å². The zero-order valence-electron chi connectivity index (χ0n) is 17.0. The number of benzene rings is 1. The molecular weight excluding hydrogens is 380 g/mol. The fraction of sp³-hybridized carbons (Fsp3) is 0.364. The van der Waals surface area contributed by atoms with E-state index in [-0.39, 0.29) is 23.1 Å². The summed E-state index contributed by atoms with van der Waals surface area (Å²) in [6.07, 6.45) is 6.55. The molecule has 0 saturated heterocycles. The summed E-state index contributed by atoms with van der Waals surface area (Å²) in [6.45, 7) is 0.447. The summed E-state index contributed by atoms with van der Waals surface area (Å²) in [7, 11) is 1.72. The third-order valence-electron chi connectivity index (χ3n) is 5.71. The van der Waals surface area contributed by atoms with Crippen LogP contribution < -0.4 is 20.7 Å². The molecule has 8 nitrogen and oxygen atoms in total. The van der Waals surface area contributed by atoms with Crippen molar-refractivity contribution in [1.29, 1.82) is 5.26 Å². The van der Waals surface area contributed by atoms with Crippen LogP contribution in [0.1, 0.15) is 41.7 Å². The highest BCUT2D eigenvalue weighted by Crippen LogP contribution is 2.39. The van der Waals surface area contributed by atoms with Crippen molar-refractivity contribution >= 4 is 11.9 Å². The average molecular weight is 406 g/mol. The molecule has 2 aromatic rings. The summed E-state index contributed by atoms with van der Waals surface area (Å²) in [6, 6.07) is 15.1. The monoisotopic (exact) mass is 406 g/mol. The van der Waals surface area contributed by atoms with Crippen molar-refractivity contribution in [3.63, 3.8) is 0 Å². The number of nitrogens with zero attached hydrogens (tertiary/aromatic N) is 3. The topological polar surface area (TPSA) is 116 Å². The number of carbonyl (C=O) groups excluding carboxylic acids is 1. The standard InChI is InChI=1S/C22H26N6O2/c1-24-21(26-16-23)27-18-10-12-22(13-11-18,17-7-3-2-4-8-17)15-25-20(29)19-9-5-6-14-28(19)30/h2-9,14,18H,10-13,15H2,1H3,(H,25,29)(H2,24,26,27)/t18-,22-. The number of guanidine groups is 1. The average Bonchev–Trinajstić information content (AvgIpc) is 2.79. The lowest BCUT2D eigenvalue weighted by molar-refractivity contribution is -0.607. The molecule has 0 radical (unpaired) electrons. The van der Waals surface area contributed by atoms with Crippen LogP contribution in [0.4, 0.5) is 0 Å². The van der Waals surface area contributed by atoms with E-state index in [1.165, 1.54) is 17.8 Å². The molecule has 1 fully saturated rings. The number of hydrogen-bond acceptors (Lipinski definition) is 4. The summed E-state index contributed by atoms with van der Waals surface area (Å²) in [4.78, 5) is 16.3. The Kier molecular flexibility index (Phi) is 6.86. The summed E-state index contributed by atoms with van der Waals surface area (Å²) in [5.41, 5.74) is 1.04. The second-order valence-corrected chi connectivity index (χ2v) is 7.47. The summed E-state index contributed by atoms with van der Waals surface area (Å²) in [5, 5.41) is 29.8. The van der Waals surface area contributed by atoms with Crippen LogP contribution in [0, 0.1) is 16.7 Å². The lowest BCUT2D eigenvalue weighted by Gasteiger charge is -2.41. The minimum absolute atomic E-state index is 0.0856. The minimum atomic E-state index is -0.375. The van der Waals surface area contributed by atoms with E-state index >= 15 is 0 Å². The summed E-state index contributed by atoms with van der Waals surface area (Å²) in [5.74, 6) is 0.0897. The van der Waals surface area contributed by atoms with Gasteiger partial charge in [0.1, 0.15) is 0 Å². The van der Waals surface area contributed by atoms with Crippen molar-refractivity contribution in [2.45, 2.75) is 37.1 Å². The highest BCUT2D eigenvalue weighted by molar-refractivity contribution is 5.90. The van der Waals surface area contributed by atoms with Gasteiger partial charge in [-0.25, -0.2) is 0 Å². The maximum absolute atomic E-state index is 12.6. The summed E-state index contributed by atoms with van der Waals surface area (Å²) >= 11 is 0. The maximum Gasteiger partial charge on any atom is 0.317 e. The van der Waals surface area contributed by atoms with Crippen LogP contribution in [0.25, 0.3) is 0 Å². The van der Waals surface area contributed by atoms with Crippen molar-refractivity contribution in [2.24, 2.45) is 4.99 Å². The van der Waals surface area contributed by atoms with Gasteiger partial charge in [-0.05, 0) is 37.3 Å². The second kappa shape index (κ2) is 9.74. The first-order valence-corrected chi connectivity index (χ1v) is 10.0. The van der Waals surface area contributed by atoms with Gasteiger partial charge in [0, 0.05) is 37.2 Å². The molecule has 1 aliphatic rings. The minimum Gasteiger partial charge on any atom is -0.618 e. The van der Waals surface area contributed by atoms with E-state index in [1.54, 1.807) is 25.4 Å². The number of carbonyl (C=O) groups is 1. The first kappa shape index (κ1) is 21.1. The van der Waals surface area contributed by atoms with Crippen LogP contribution in [0.5, 0.6) is 0 Å². The van der Waals surface area contributed by atoms with Gasteiger partial charge in [-0.3, -0.25) is 4.79 Å². The normalized spacial score (nSPS) is 21.3. The van der Waals surface area contributed by atoms with Crippen LogP contribution in [0.15, 0.2) is 59.7 Å². The molecule has 156 valence electrons.